The molecule has 134 valence electrons. The first-order valence-corrected chi connectivity index (χ1v) is 8.60. The molecule has 0 radical (unpaired) electrons. The Labute approximate surface area is 142 Å². The van der Waals surface area contributed by atoms with Crippen molar-refractivity contribution in [3.05, 3.63) is 35.4 Å². The lowest BCUT2D eigenvalue weighted by Gasteiger charge is -2.40. The van der Waals surface area contributed by atoms with Crippen molar-refractivity contribution >= 4 is 5.91 Å². The number of hydrogen-bond donors (Lipinski definition) is 1. The van der Waals surface area contributed by atoms with Gasteiger partial charge in [0.2, 0.25) is 5.91 Å². The summed E-state index contributed by atoms with van der Waals surface area (Å²) in [4.78, 5) is 16.4. The number of benzene rings is 1. The van der Waals surface area contributed by atoms with Crippen LogP contribution in [0.3, 0.4) is 0 Å². The summed E-state index contributed by atoms with van der Waals surface area (Å²) in [6.45, 7) is 7.28. The average molecular weight is 339 g/mol. The van der Waals surface area contributed by atoms with Gasteiger partial charge in [0.25, 0.3) is 0 Å². The van der Waals surface area contributed by atoms with Crippen LogP contribution >= 0.6 is 0 Å². The Kier molecular flexibility index (Phi) is 6.69. The molecular weight excluding hydrogens is 312 g/mol. The normalized spacial score (nSPS) is 18.5. The highest BCUT2D eigenvalue weighted by molar-refractivity contribution is 5.78. The van der Waals surface area contributed by atoms with Crippen LogP contribution in [0.5, 0.6) is 0 Å². The molecule has 2 unspecified atom stereocenters. The maximum absolute atomic E-state index is 14.1. The number of carbonyl (C=O) groups is 1. The van der Waals surface area contributed by atoms with Gasteiger partial charge in [0.1, 0.15) is 11.6 Å². The summed E-state index contributed by atoms with van der Waals surface area (Å²) in [7, 11) is 1.84. The van der Waals surface area contributed by atoms with E-state index < -0.39 is 11.6 Å². The molecule has 6 heteroatoms. The summed E-state index contributed by atoms with van der Waals surface area (Å²) in [5, 5.41) is 3.03. The number of amides is 1. The highest BCUT2D eigenvalue weighted by Gasteiger charge is 2.29. The molecule has 1 fully saturated rings. The van der Waals surface area contributed by atoms with Crippen LogP contribution in [0.1, 0.15) is 31.9 Å². The standard InChI is InChI=1S/C18H27F2N3O/c1-4-17(15-6-5-14(19)11-16(15)20)22-7-9-23(10-8-22)18(24)13(2)12-21-3/h5-6,11,13,17,21H,4,7-10,12H2,1-3H3. The first-order chi connectivity index (χ1) is 11.5. The maximum atomic E-state index is 14.1. The second kappa shape index (κ2) is 8.53. The van der Waals surface area contributed by atoms with Crippen molar-refractivity contribution in [2.45, 2.75) is 26.3 Å². The largest absolute Gasteiger partial charge is 0.340 e. The van der Waals surface area contributed by atoms with E-state index in [9.17, 15) is 13.6 Å². The first kappa shape index (κ1) is 18.8. The van der Waals surface area contributed by atoms with Crippen LogP contribution in [-0.4, -0.2) is 55.5 Å². The van der Waals surface area contributed by atoms with E-state index in [4.69, 9.17) is 0 Å². The summed E-state index contributed by atoms with van der Waals surface area (Å²) < 4.78 is 27.2. The summed E-state index contributed by atoms with van der Waals surface area (Å²) in [5.74, 6) is -0.939. The van der Waals surface area contributed by atoms with E-state index in [2.05, 4.69) is 10.2 Å². The van der Waals surface area contributed by atoms with Gasteiger partial charge >= 0.3 is 0 Å². The number of carbonyl (C=O) groups excluding carboxylic acids is 1. The monoisotopic (exact) mass is 339 g/mol. The zero-order valence-electron chi connectivity index (χ0n) is 14.7. The quantitative estimate of drug-likeness (QED) is 0.865. The van der Waals surface area contributed by atoms with E-state index in [0.717, 1.165) is 12.5 Å². The molecule has 1 amide bonds. The number of rotatable bonds is 6. The number of piperazine rings is 1. The molecular formula is C18H27F2N3O. The van der Waals surface area contributed by atoms with Gasteiger partial charge in [0.15, 0.2) is 0 Å². The summed E-state index contributed by atoms with van der Waals surface area (Å²) >= 11 is 0. The molecule has 1 aliphatic heterocycles. The zero-order valence-corrected chi connectivity index (χ0v) is 14.7. The van der Waals surface area contributed by atoms with Gasteiger partial charge < -0.3 is 10.2 Å². The third-order valence-corrected chi connectivity index (χ3v) is 4.71. The van der Waals surface area contributed by atoms with Crippen LogP contribution in [0.2, 0.25) is 0 Å². The maximum Gasteiger partial charge on any atom is 0.226 e. The van der Waals surface area contributed by atoms with Crippen molar-refractivity contribution in [3.63, 3.8) is 0 Å². The van der Waals surface area contributed by atoms with E-state index in [0.29, 0.717) is 38.3 Å². The Bertz CT molecular complexity index is 559. The lowest BCUT2D eigenvalue weighted by molar-refractivity contribution is -0.137. The van der Waals surface area contributed by atoms with Crippen LogP contribution in [-0.2, 0) is 4.79 Å². The van der Waals surface area contributed by atoms with E-state index in [1.54, 1.807) is 0 Å². The summed E-state index contributed by atoms with van der Waals surface area (Å²) in [6.07, 6.45) is 0.743. The number of hydrogen-bond acceptors (Lipinski definition) is 3. The smallest absolute Gasteiger partial charge is 0.226 e. The van der Waals surface area contributed by atoms with Crippen molar-refractivity contribution < 1.29 is 13.6 Å². The molecule has 2 rings (SSSR count). The fourth-order valence-corrected chi connectivity index (χ4v) is 3.41. The van der Waals surface area contributed by atoms with Crippen molar-refractivity contribution in [2.24, 2.45) is 5.92 Å². The number of nitrogens with zero attached hydrogens (tertiary/aromatic N) is 2. The van der Waals surface area contributed by atoms with Crippen molar-refractivity contribution in [2.75, 3.05) is 39.8 Å². The molecule has 0 aliphatic carbocycles. The Balaban J connectivity index is 2.00. The molecule has 2 atom stereocenters. The molecule has 1 aromatic rings. The Morgan fingerprint density at radius 3 is 2.46 bits per heavy atom. The summed E-state index contributed by atoms with van der Waals surface area (Å²) in [5.41, 5.74) is 0.530. The van der Waals surface area contributed by atoms with Crippen LogP contribution in [0.15, 0.2) is 18.2 Å². The fraction of sp³-hybridized carbons (Fsp3) is 0.611. The van der Waals surface area contributed by atoms with Gasteiger partial charge in [-0.3, -0.25) is 9.69 Å². The van der Waals surface area contributed by atoms with E-state index in [-0.39, 0.29) is 17.9 Å². The third kappa shape index (κ3) is 4.30. The van der Waals surface area contributed by atoms with E-state index in [1.807, 2.05) is 25.8 Å². The summed E-state index contributed by atoms with van der Waals surface area (Å²) in [6, 6.07) is 3.70. The predicted octanol–water partition coefficient (Wildman–Crippen LogP) is 2.42. The molecule has 1 heterocycles. The fourth-order valence-electron chi connectivity index (χ4n) is 3.41. The van der Waals surface area contributed by atoms with Gasteiger partial charge in [0.05, 0.1) is 0 Å². The number of halogens is 2. The topological polar surface area (TPSA) is 35.6 Å². The van der Waals surface area contributed by atoms with Gasteiger partial charge in [-0.15, -0.1) is 0 Å². The van der Waals surface area contributed by atoms with Crippen molar-refractivity contribution in [1.82, 2.24) is 15.1 Å². The molecule has 1 aliphatic rings. The molecule has 1 aromatic carbocycles. The second-order valence-corrected chi connectivity index (χ2v) is 6.41. The highest BCUT2D eigenvalue weighted by Crippen LogP contribution is 2.28. The lowest BCUT2D eigenvalue weighted by atomic mass is 10.0. The Morgan fingerprint density at radius 2 is 1.92 bits per heavy atom. The average Bonchev–Trinajstić information content (AvgIpc) is 2.57. The Morgan fingerprint density at radius 1 is 1.25 bits per heavy atom. The third-order valence-electron chi connectivity index (χ3n) is 4.71. The van der Waals surface area contributed by atoms with Gasteiger partial charge in [-0.25, -0.2) is 8.78 Å². The molecule has 0 spiro atoms. The van der Waals surface area contributed by atoms with Crippen LogP contribution in [0, 0.1) is 17.6 Å². The SMILES string of the molecule is CCC(c1ccc(F)cc1F)N1CCN(C(=O)C(C)CNC)CC1. The highest BCUT2D eigenvalue weighted by atomic mass is 19.1. The van der Waals surface area contributed by atoms with Gasteiger partial charge in [-0.1, -0.05) is 19.9 Å². The van der Waals surface area contributed by atoms with Gasteiger partial charge in [-0.05, 0) is 19.5 Å². The lowest BCUT2D eigenvalue weighted by Crippen LogP contribution is -2.51. The molecule has 1 N–H and O–H groups in total. The molecule has 24 heavy (non-hydrogen) atoms. The van der Waals surface area contributed by atoms with Crippen LogP contribution in [0.4, 0.5) is 8.78 Å². The molecule has 4 nitrogen and oxygen atoms in total. The molecule has 0 aromatic heterocycles. The number of nitrogens with one attached hydrogen (secondary N) is 1. The molecule has 1 saturated heterocycles. The minimum Gasteiger partial charge on any atom is -0.340 e. The van der Waals surface area contributed by atoms with E-state index in [1.165, 1.54) is 12.1 Å². The van der Waals surface area contributed by atoms with Crippen LogP contribution < -0.4 is 5.32 Å². The van der Waals surface area contributed by atoms with Crippen LogP contribution in [0.25, 0.3) is 0 Å². The minimum absolute atomic E-state index is 0.0435. The Hall–Kier alpha value is -1.53. The second-order valence-electron chi connectivity index (χ2n) is 6.41. The van der Waals surface area contributed by atoms with E-state index >= 15 is 0 Å². The van der Waals surface area contributed by atoms with Crippen molar-refractivity contribution in [3.8, 4) is 0 Å². The van der Waals surface area contributed by atoms with Gasteiger partial charge in [-0.2, -0.15) is 0 Å². The molecule has 0 bridgehead atoms. The molecule has 0 saturated carbocycles. The minimum atomic E-state index is -0.556. The zero-order chi connectivity index (χ0) is 17.7. The predicted molar refractivity (Wildman–Crippen MR) is 90.6 cm³/mol. The first-order valence-electron chi connectivity index (χ1n) is 8.60. The van der Waals surface area contributed by atoms with Gasteiger partial charge in [0, 0.05) is 56.3 Å². The van der Waals surface area contributed by atoms with Crippen molar-refractivity contribution in [1.29, 1.82) is 0 Å².